The van der Waals surface area contributed by atoms with Crippen LogP contribution in [0.5, 0.6) is 0 Å². The number of morpholine rings is 1. The second-order valence-electron chi connectivity index (χ2n) is 5.64. The van der Waals surface area contributed by atoms with Crippen LogP contribution in [0.3, 0.4) is 0 Å². The number of nitrogens with zero attached hydrogens (tertiary/aromatic N) is 4. The average Bonchev–Trinajstić information content (AvgIpc) is 2.70. The van der Waals surface area contributed by atoms with Gasteiger partial charge in [-0.1, -0.05) is 30.3 Å². The summed E-state index contributed by atoms with van der Waals surface area (Å²) in [4.78, 5) is 15.9. The normalized spacial score (nSPS) is 14.6. The quantitative estimate of drug-likeness (QED) is 0.743. The summed E-state index contributed by atoms with van der Waals surface area (Å²) in [6, 6.07) is 16.1. The summed E-state index contributed by atoms with van der Waals surface area (Å²) in [5, 5.41) is 0. The van der Waals surface area contributed by atoms with Gasteiger partial charge in [0.2, 0.25) is 0 Å². The Bertz CT molecular complexity index is 744. The third-order valence-electron chi connectivity index (χ3n) is 4.06. The molecule has 1 aliphatic rings. The van der Waals surface area contributed by atoms with Gasteiger partial charge in [-0.2, -0.15) is 0 Å². The molecule has 0 N–H and O–H groups in total. The van der Waals surface area contributed by atoms with Gasteiger partial charge in [-0.3, -0.25) is 4.98 Å². The molecule has 1 fully saturated rings. The van der Waals surface area contributed by atoms with Gasteiger partial charge in [0.05, 0.1) is 18.9 Å². The third kappa shape index (κ3) is 3.12. The van der Waals surface area contributed by atoms with Gasteiger partial charge < -0.3 is 9.64 Å². The monoisotopic (exact) mass is 318 g/mol. The SMILES string of the molecule is c1ccc(-c2cc(N3CCOCC3)nc(-c3ccncc3)n2)cc1. The fourth-order valence-electron chi connectivity index (χ4n) is 2.78. The number of pyridine rings is 1. The molecule has 2 aromatic heterocycles. The molecule has 3 aromatic rings. The lowest BCUT2D eigenvalue weighted by atomic mass is 10.1. The standard InChI is InChI=1S/C19H18N4O/c1-2-4-15(5-3-1)17-14-18(23-10-12-24-13-11-23)22-19(21-17)16-6-8-20-9-7-16/h1-9,14H,10-13H2. The molecule has 24 heavy (non-hydrogen) atoms. The first kappa shape index (κ1) is 14.8. The summed E-state index contributed by atoms with van der Waals surface area (Å²) >= 11 is 0. The van der Waals surface area contributed by atoms with Crippen LogP contribution >= 0.6 is 0 Å². The molecule has 1 saturated heterocycles. The highest BCUT2D eigenvalue weighted by Crippen LogP contribution is 2.26. The van der Waals surface area contributed by atoms with Crippen LogP contribution in [0.15, 0.2) is 60.9 Å². The van der Waals surface area contributed by atoms with Gasteiger partial charge >= 0.3 is 0 Å². The van der Waals surface area contributed by atoms with Crippen molar-refractivity contribution in [3.05, 3.63) is 60.9 Å². The zero-order valence-corrected chi connectivity index (χ0v) is 13.3. The molecule has 1 aliphatic heterocycles. The largest absolute Gasteiger partial charge is 0.378 e. The molecule has 0 amide bonds. The summed E-state index contributed by atoms with van der Waals surface area (Å²) in [5.74, 6) is 1.67. The lowest BCUT2D eigenvalue weighted by Crippen LogP contribution is -2.36. The first-order valence-corrected chi connectivity index (χ1v) is 8.08. The Morgan fingerprint density at radius 2 is 1.58 bits per heavy atom. The topological polar surface area (TPSA) is 51.1 Å². The van der Waals surface area contributed by atoms with Crippen molar-refractivity contribution in [3.8, 4) is 22.6 Å². The number of hydrogen-bond acceptors (Lipinski definition) is 5. The summed E-state index contributed by atoms with van der Waals surface area (Å²) < 4.78 is 5.46. The Hall–Kier alpha value is -2.79. The maximum absolute atomic E-state index is 5.46. The number of anilines is 1. The third-order valence-corrected chi connectivity index (χ3v) is 4.06. The molecule has 0 atom stereocenters. The minimum atomic E-state index is 0.722. The Labute approximate surface area is 141 Å². The number of rotatable bonds is 3. The second kappa shape index (κ2) is 6.76. The predicted octanol–water partition coefficient (Wildman–Crippen LogP) is 3.04. The molecule has 0 bridgehead atoms. The van der Waals surface area contributed by atoms with Crippen LogP contribution in [-0.4, -0.2) is 41.3 Å². The van der Waals surface area contributed by atoms with Crippen molar-refractivity contribution < 1.29 is 4.74 Å². The van der Waals surface area contributed by atoms with E-state index in [9.17, 15) is 0 Å². The molecular weight excluding hydrogens is 300 g/mol. The Balaban J connectivity index is 1.81. The number of aromatic nitrogens is 3. The van der Waals surface area contributed by atoms with E-state index in [1.54, 1.807) is 12.4 Å². The highest BCUT2D eigenvalue weighted by molar-refractivity contribution is 5.67. The zero-order chi connectivity index (χ0) is 16.2. The van der Waals surface area contributed by atoms with Gasteiger partial charge in [-0.25, -0.2) is 9.97 Å². The van der Waals surface area contributed by atoms with Gasteiger partial charge in [-0.15, -0.1) is 0 Å². The minimum absolute atomic E-state index is 0.722. The smallest absolute Gasteiger partial charge is 0.162 e. The summed E-state index contributed by atoms with van der Waals surface area (Å²) in [7, 11) is 0. The molecule has 120 valence electrons. The average molecular weight is 318 g/mol. The van der Waals surface area contributed by atoms with Crippen molar-refractivity contribution in [2.24, 2.45) is 0 Å². The van der Waals surface area contributed by atoms with Gasteiger partial charge in [0.25, 0.3) is 0 Å². The maximum atomic E-state index is 5.46. The summed E-state index contributed by atoms with van der Waals surface area (Å²) in [6.07, 6.45) is 3.53. The molecule has 0 spiro atoms. The first-order chi connectivity index (χ1) is 11.9. The Kier molecular flexibility index (Phi) is 4.16. The molecule has 0 aliphatic carbocycles. The summed E-state index contributed by atoms with van der Waals surface area (Å²) in [6.45, 7) is 3.16. The lowest BCUT2D eigenvalue weighted by Gasteiger charge is -2.28. The maximum Gasteiger partial charge on any atom is 0.162 e. The van der Waals surface area contributed by atoms with Crippen molar-refractivity contribution in [1.82, 2.24) is 15.0 Å². The lowest BCUT2D eigenvalue weighted by molar-refractivity contribution is 0.122. The van der Waals surface area contributed by atoms with Crippen molar-refractivity contribution in [2.75, 3.05) is 31.2 Å². The Morgan fingerprint density at radius 1 is 0.833 bits per heavy atom. The van der Waals surface area contributed by atoms with E-state index >= 15 is 0 Å². The molecule has 3 heterocycles. The van der Waals surface area contributed by atoms with E-state index in [2.05, 4.69) is 28.1 Å². The van der Waals surface area contributed by atoms with E-state index in [1.807, 2.05) is 30.3 Å². The van der Waals surface area contributed by atoms with Gasteiger partial charge in [-0.05, 0) is 12.1 Å². The number of benzene rings is 1. The van der Waals surface area contributed by atoms with E-state index < -0.39 is 0 Å². The van der Waals surface area contributed by atoms with Crippen LogP contribution in [0.25, 0.3) is 22.6 Å². The van der Waals surface area contributed by atoms with Crippen LogP contribution < -0.4 is 4.90 Å². The highest BCUT2D eigenvalue weighted by Gasteiger charge is 2.16. The fourth-order valence-corrected chi connectivity index (χ4v) is 2.78. The molecule has 0 unspecified atom stereocenters. The number of ether oxygens (including phenoxy) is 1. The van der Waals surface area contributed by atoms with E-state index in [-0.39, 0.29) is 0 Å². The van der Waals surface area contributed by atoms with E-state index in [4.69, 9.17) is 14.7 Å². The van der Waals surface area contributed by atoms with Gasteiger partial charge in [0.15, 0.2) is 5.82 Å². The van der Waals surface area contributed by atoms with Crippen molar-refractivity contribution >= 4 is 5.82 Å². The highest BCUT2D eigenvalue weighted by atomic mass is 16.5. The molecule has 5 heteroatoms. The van der Waals surface area contributed by atoms with Crippen molar-refractivity contribution in [1.29, 1.82) is 0 Å². The van der Waals surface area contributed by atoms with Gasteiger partial charge in [0, 0.05) is 42.7 Å². The van der Waals surface area contributed by atoms with Gasteiger partial charge in [0.1, 0.15) is 5.82 Å². The van der Waals surface area contributed by atoms with Crippen LogP contribution in [0, 0.1) is 0 Å². The predicted molar refractivity (Wildman–Crippen MR) is 93.7 cm³/mol. The van der Waals surface area contributed by atoms with Crippen LogP contribution in [-0.2, 0) is 4.74 Å². The van der Waals surface area contributed by atoms with Crippen molar-refractivity contribution in [2.45, 2.75) is 0 Å². The number of hydrogen-bond donors (Lipinski definition) is 0. The van der Waals surface area contributed by atoms with E-state index in [0.717, 1.165) is 54.8 Å². The molecule has 5 nitrogen and oxygen atoms in total. The first-order valence-electron chi connectivity index (χ1n) is 8.08. The van der Waals surface area contributed by atoms with E-state index in [0.29, 0.717) is 0 Å². The van der Waals surface area contributed by atoms with Crippen LogP contribution in [0.4, 0.5) is 5.82 Å². The summed E-state index contributed by atoms with van der Waals surface area (Å²) in [5.41, 5.74) is 2.99. The fraction of sp³-hybridized carbons (Fsp3) is 0.211. The zero-order valence-electron chi connectivity index (χ0n) is 13.3. The molecule has 0 radical (unpaired) electrons. The molecule has 4 rings (SSSR count). The Morgan fingerprint density at radius 3 is 2.33 bits per heavy atom. The van der Waals surface area contributed by atoms with Crippen molar-refractivity contribution in [3.63, 3.8) is 0 Å². The van der Waals surface area contributed by atoms with E-state index in [1.165, 1.54) is 0 Å². The minimum Gasteiger partial charge on any atom is -0.378 e. The molecule has 0 saturated carbocycles. The molecule has 1 aromatic carbocycles. The van der Waals surface area contributed by atoms with Crippen LogP contribution in [0.2, 0.25) is 0 Å². The second-order valence-corrected chi connectivity index (χ2v) is 5.64. The van der Waals surface area contributed by atoms with Crippen LogP contribution in [0.1, 0.15) is 0 Å². The molecular formula is C19H18N4O.